The smallest absolute Gasteiger partial charge is 0.223 e. The fourth-order valence-corrected chi connectivity index (χ4v) is 2.17. The average Bonchev–Trinajstić information content (AvgIpc) is 2.62. The molecule has 2 saturated heterocycles. The van der Waals surface area contributed by atoms with Gasteiger partial charge in [-0.2, -0.15) is 0 Å². The number of carbonyl (C=O) groups is 1. The highest BCUT2D eigenvalue weighted by Gasteiger charge is 2.41. The van der Waals surface area contributed by atoms with Crippen LogP contribution in [0.5, 0.6) is 0 Å². The second-order valence-corrected chi connectivity index (χ2v) is 4.49. The Labute approximate surface area is 79.0 Å². The van der Waals surface area contributed by atoms with Crippen LogP contribution in [-0.4, -0.2) is 36.1 Å². The lowest BCUT2D eigenvalue weighted by Crippen LogP contribution is -2.41. The molecule has 2 bridgehead atoms. The number of fused-ring (bicyclic) bond motifs is 2. The molecule has 0 saturated carbocycles. The van der Waals surface area contributed by atoms with E-state index in [4.69, 9.17) is 4.74 Å². The van der Waals surface area contributed by atoms with Gasteiger partial charge >= 0.3 is 0 Å². The van der Waals surface area contributed by atoms with E-state index in [9.17, 15) is 4.79 Å². The summed E-state index contributed by atoms with van der Waals surface area (Å²) in [5, 5.41) is 0. The van der Waals surface area contributed by atoms with E-state index >= 15 is 0 Å². The van der Waals surface area contributed by atoms with Crippen molar-refractivity contribution in [3.63, 3.8) is 0 Å². The van der Waals surface area contributed by atoms with Gasteiger partial charge in [0.2, 0.25) is 5.91 Å². The third kappa shape index (κ3) is 1.70. The van der Waals surface area contributed by atoms with E-state index in [-0.39, 0.29) is 0 Å². The van der Waals surface area contributed by atoms with Gasteiger partial charge in [0.05, 0.1) is 18.8 Å². The van der Waals surface area contributed by atoms with Crippen molar-refractivity contribution < 1.29 is 9.53 Å². The number of likely N-dealkylation sites (tertiary alicyclic amines) is 1. The summed E-state index contributed by atoms with van der Waals surface area (Å²) in [5.74, 6) is 0.776. The van der Waals surface area contributed by atoms with Gasteiger partial charge in [-0.15, -0.1) is 0 Å². The highest BCUT2D eigenvalue weighted by Crippen LogP contribution is 2.28. The van der Waals surface area contributed by atoms with E-state index < -0.39 is 0 Å². The van der Waals surface area contributed by atoms with Crippen LogP contribution in [0.25, 0.3) is 0 Å². The molecule has 2 rings (SSSR count). The molecular weight excluding hydrogens is 166 g/mol. The van der Waals surface area contributed by atoms with Crippen LogP contribution < -0.4 is 0 Å². The molecule has 3 nitrogen and oxygen atoms in total. The van der Waals surface area contributed by atoms with E-state index in [2.05, 4.69) is 13.8 Å². The van der Waals surface area contributed by atoms with Gasteiger partial charge in [0.1, 0.15) is 0 Å². The van der Waals surface area contributed by atoms with E-state index in [1.165, 1.54) is 0 Å². The topological polar surface area (TPSA) is 29.5 Å². The zero-order chi connectivity index (χ0) is 9.42. The first-order valence-corrected chi connectivity index (χ1v) is 5.08. The zero-order valence-corrected chi connectivity index (χ0v) is 8.32. The third-order valence-corrected chi connectivity index (χ3v) is 2.80. The molecule has 13 heavy (non-hydrogen) atoms. The highest BCUT2D eigenvalue weighted by molar-refractivity contribution is 5.77. The van der Waals surface area contributed by atoms with E-state index in [1.807, 2.05) is 4.90 Å². The van der Waals surface area contributed by atoms with Crippen molar-refractivity contribution in [2.24, 2.45) is 5.92 Å². The van der Waals surface area contributed by atoms with Crippen LogP contribution >= 0.6 is 0 Å². The summed E-state index contributed by atoms with van der Waals surface area (Å²) in [4.78, 5) is 13.7. The highest BCUT2D eigenvalue weighted by atomic mass is 16.5. The van der Waals surface area contributed by atoms with Gasteiger partial charge in [0.15, 0.2) is 0 Å². The Morgan fingerprint density at radius 2 is 2.38 bits per heavy atom. The predicted molar refractivity (Wildman–Crippen MR) is 49.3 cm³/mol. The molecule has 2 fully saturated rings. The van der Waals surface area contributed by atoms with Crippen molar-refractivity contribution in [1.29, 1.82) is 0 Å². The Kier molecular flexibility index (Phi) is 2.28. The van der Waals surface area contributed by atoms with Crippen molar-refractivity contribution in [2.75, 3.05) is 13.2 Å². The molecule has 0 spiro atoms. The number of morpholine rings is 1. The Morgan fingerprint density at radius 3 is 2.85 bits per heavy atom. The summed E-state index contributed by atoms with van der Waals surface area (Å²) in [5.41, 5.74) is 0. The van der Waals surface area contributed by atoms with E-state index in [0.29, 0.717) is 30.4 Å². The van der Waals surface area contributed by atoms with Crippen LogP contribution in [0.2, 0.25) is 0 Å². The van der Waals surface area contributed by atoms with Gasteiger partial charge in [-0.1, -0.05) is 13.8 Å². The summed E-state index contributed by atoms with van der Waals surface area (Å²) in [6.07, 6.45) is 2.08. The van der Waals surface area contributed by atoms with Gasteiger partial charge in [-0.05, 0) is 12.3 Å². The second kappa shape index (κ2) is 3.29. The lowest BCUT2D eigenvalue weighted by atomic mass is 10.1. The fourth-order valence-electron chi connectivity index (χ4n) is 2.17. The van der Waals surface area contributed by atoms with Crippen LogP contribution in [-0.2, 0) is 9.53 Å². The molecule has 0 aromatic rings. The zero-order valence-electron chi connectivity index (χ0n) is 8.32. The number of nitrogens with zero attached hydrogens (tertiary/aromatic N) is 1. The maximum absolute atomic E-state index is 11.7. The van der Waals surface area contributed by atoms with Gasteiger partial charge < -0.3 is 9.64 Å². The Balaban J connectivity index is 1.91. The third-order valence-electron chi connectivity index (χ3n) is 2.80. The lowest BCUT2D eigenvalue weighted by Gasteiger charge is -2.27. The summed E-state index contributed by atoms with van der Waals surface area (Å²) < 4.78 is 5.44. The molecule has 0 radical (unpaired) electrons. The number of hydrogen-bond donors (Lipinski definition) is 0. The van der Waals surface area contributed by atoms with E-state index in [0.717, 1.165) is 19.6 Å². The van der Waals surface area contributed by atoms with Crippen molar-refractivity contribution in [3.8, 4) is 0 Å². The molecule has 2 aliphatic rings. The largest absolute Gasteiger partial charge is 0.374 e. The molecule has 2 heterocycles. The molecule has 0 aromatic heterocycles. The monoisotopic (exact) mass is 183 g/mol. The summed E-state index contributed by atoms with van der Waals surface area (Å²) in [6, 6.07) is 0.385. The number of hydrogen-bond acceptors (Lipinski definition) is 2. The standard InChI is InChI=1S/C10H17NO2/c1-7(2)3-10(12)11-5-9-4-8(11)6-13-9/h7-9H,3-6H2,1-2H3/t8-,9?/m0/s1. The van der Waals surface area contributed by atoms with Gasteiger partial charge in [0.25, 0.3) is 0 Å². The van der Waals surface area contributed by atoms with Crippen LogP contribution in [0.15, 0.2) is 0 Å². The minimum atomic E-state index is 0.311. The lowest BCUT2D eigenvalue weighted by molar-refractivity contribution is -0.136. The average molecular weight is 183 g/mol. The Morgan fingerprint density at radius 1 is 1.62 bits per heavy atom. The number of rotatable bonds is 2. The molecule has 0 aliphatic carbocycles. The summed E-state index contributed by atoms with van der Waals surface area (Å²) >= 11 is 0. The van der Waals surface area contributed by atoms with Gasteiger partial charge in [0, 0.05) is 13.0 Å². The van der Waals surface area contributed by atoms with Crippen molar-refractivity contribution in [2.45, 2.75) is 38.8 Å². The molecule has 2 atom stereocenters. The molecule has 3 heteroatoms. The predicted octanol–water partition coefficient (Wildman–Crippen LogP) is 1.03. The number of ether oxygens (including phenoxy) is 1. The first-order chi connectivity index (χ1) is 6.16. The first-order valence-electron chi connectivity index (χ1n) is 5.08. The first kappa shape index (κ1) is 9.00. The maximum Gasteiger partial charge on any atom is 0.223 e. The molecule has 1 unspecified atom stereocenters. The van der Waals surface area contributed by atoms with Crippen molar-refractivity contribution in [1.82, 2.24) is 4.90 Å². The minimum absolute atomic E-state index is 0.311. The Hall–Kier alpha value is -0.570. The van der Waals surface area contributed by atoms with Crippen molar-refractivity contribution >= 4 is 5.91 Å². The second-order valence-electron chi connectivity index (χ2n) is 4.49. The number of carbonyl (C=O) groups excluding carboxylic acids is 1. The normalized spacial score (nSPS) is 31.8. The van der Waals surface area contributed by atoms with Crippen LogP contribution in [0.4, 0.5) is 0 Å². The fraction of sp³-hybridized carbons (Fsp3) is 0.900. The van der Waals surface area contributed by atoms with Crippen LogP contribution in [0.1, 0.15) is 26.7 Å². The Bertz CT molecular complexity index is 215. The van der Waals surface area contributed by atoms with E-state index in [1.54, 1.807) is 0 Å². The summed E-state index contributed by atoms with van der Waals surface area (Å²) in [7, 11) is 0. The molecule has 2 aliphatic heterocycles. The molecule has 0 N–H and O–H groups in total. The SMILES string of the molecule is CC(C)CC(=O)N1CC2C[C@H]1CO2. The molecule has 1 amide bonds. The van der Waals surface area contributed by atoms with Gasteiger partial charge in [-0.25, -0.2) is 0 Å². The van der Waals surface area contributed by atoms with Crippen LogP contribution in [0, 0.1) is 5.92 Å². The quantitative estimate of drug-likeness (QED) is 0.640. The molecule has 74 valence electrons. The van der Waals surface area contributed by atoms with Crippen LogP contribution in [0.3, 0.4) is 0 Å². The summed E-state index contributed by atoms with van der Waals surface area (Å²) in [6.45, 7) is 5.76. The van der Waals surface area contributed by atoms with Gasteiger partial charge in [-0.3, -0.25) is 4.79 Å². The minimum Gasteiger partial charge on any atom is -0.374 e. The maximum atomic E-state index is 11.7. The van der Waals surface area contributed by atoms with Crippen molar-refractivity contribution in [3.05, 3.63) is 0 Å². The molecule has 0 aromatic carbocycles. The number of amides is 1. The molecular formula is C10H17NO2.